The van der Waals surface area contributed by atoms with E-state index in [1.54, 1.807) is 6.92 Å². The largest absolute Gasteiger partial charge is 0.382 e. The van der Waals surface area contributed by atoms with Crippen LogP contribution in [0.5, 0.6) is 0 Å². The summed E-state index contributed by atoms with van der Waals surface area (Å²) >= 11 is 0. The van der Waals surface area contributed by atoms with Crippen LogP contribution in [0.4, 0.5) is 11.5 Å². The Morgan fingerprint density at radius 3 is 2.60 bits per heavy atom. The number of piperazine rings is 1. The number of ether oxygens (including phenoxy) is 1. The van der Waals surface area contributed by atoms with Crippen molar-refractivity contribution in [2.45, 2.75) is 31.8 Å². The van der Waals surface area contributed by atoms with E-state index in [4.69, 9.17) is 15.6 Å². The van der Waals surface area contributed by atoms with Crippen molar-refractivity contribution in [1.29, 1.82) is 0 Å². The van der Waals surface area contributed by atoms with Crippen molar-refractivity contribution in [2.75, 3.05) is 43.5 Å². The number of nitrogen functional groups attached to an aromatic ring is 1. The Bertz CT molecular complexity index is 1720. The molecular weight excluding hydrogens is 528 g/mol. The van der Waals surface area contributed by atoms with Gasteiger partial charge >= 0.3 is 0 Å². The third-order valence-corrected chi connectivity index (χ3v) is 8.55. The van der Waals surface area contributed by atoms with E-state index in [9.17, 15) is 4.79 Å². The summed E-state index contributed by atoms with van der Waals surface area (Å²) in [4.78, 5) is 21.0. The van der Waals surface area contributed by atoms with Crippen molar-refractivity contribution in [3.8, 4) is 22.5 Å². The van der Waals surface area contributed by atoms with Crippen molar-refractivity contribution >= 4 is 22.9 Å². The van der Waals surface area contributed by atoms with Gasteiger partial charge in [0, 0.05) is 62.8 Å². The molecule has 2 N–H and O–H groups in total. The van der Waals surface area contributed by atoms with Gasteiger partial charge in [0.05, 0.1) is 23.5 Å². The highest BCUT2D eigenvalue weighted by Crippen LogP contribution is 2.38. The lowest BCUT2D eigenvalue weighted by Gasteiger charge is -2.43. The molecule has 2 fully saturated rings. The number of rotatable bonds is 5. The number of nitrogens with zero attached hydrogens (tertiary/aromatic N) is 7. The molecule has 3 aromatic heterocycles. The summed E-state index contributed by atoms with van der Waals surface area (Å²) in [5.74, 6) is 0.528. The van der Waals surface area contributed by atoms with Gasteiger partial charge in [-0.25, -0.2) is 9.50 Å². The number of nitrogens with two attached hydrogens (primary N) is 1. The zero-order chi connectivity index (χ0) is 28.6. The predicted octanol–water partition coefficient (Wildman–Crippen LogP) is 4.60. The Balaban J connectivity index is 1.31. The molecule has 214 valence electrons. The van der Waals surface area contributed by atoms with Gasteiger partial charge in [0.25, 0.3) is 0 Å². The third kappa shape index (κ3) is 4.67. The number of carbonyl (C=O) groups excluding carboxylic acids is 1. The van der Waals surface area contributed by atoms with Crippen LogP contribution in [0.15, 0.2) is 79.3 Å². The minimum Gasteiger partial charge on any atom is -0.382 e. The number of carbonyl (C=O) groups is 1. The smallest absolute Gasteiger partial charge is 0.219 e. The van der Waals surface area contributed by atoms with Gasteiger partial charge in [-0.3, -0.25) is 9.48 Å². The van der Waals surface area contributed by atoms with E-state index in [1.807, 2.05) is 27.7 Å². The highest BCUT2D eigenvalue weighted by atomic mass is 16.5. The SMILES string of the molecule is CC(=O)N1CCN(c2cccc(-c3cc(-c4ccnn4C4CCOCC4)c4c(N)ncnn34)c2)C(c2ccccc2)C1. The van der Waals surface area contributed by atoms with Gasteiger partial charge in [-0.1, -0.05) is 42.5 Å². The van der Waals surface area contributed by atoms with Crippen molar-refractivity contribution in [3.05, 3.63) is 84.8 Å². The van der Waals surface area contributed by atoms with Crippen LogP contribution in [0.3, 0.4) is 0 Å². The molecule has 10 heteroatoms. The fraction of sp³-hybridized carbons (Fsp3) is 0.312. The number of fused-ring (bicyclic) bond motifs is 1. The highest BCUT2D eigenvalue weighted by Gasteiger charge is 2.30. The Kier molecular flexibility index (Phi) is 6.83. The van der Waals surface area contributed by atoms with Crippen LogP contribution >= 0.6 is 0 Å². The molecule has 0 aliphatic carbocycles. The number of hydrogen-bond donors (Lipinski definition) is 1. The van der Waals surface area contributed by atoms with Crippen molar-refractivity contribution in [1.82, 2.24) is 29.3 Å². The Morgan fingerprint density at radius 1 is 0.952 bits per heavy atom. The molecule has 0 bridgehead atoms. The van der Waals surface area contributed by atoms with Crippen molar-refractivity contribution in [3.63, 3.8) is 0 Å². The normalized spacial score (nSPS) is 18.1. The van der Waals surface area contributed by atoms with Crippen LogP contribution in [0.2, 0.25) is 0 Å². The van der Waals surface area contributed by atoms with Crippen molar-refractivity contribution < 1.29 is 9.53 Å². The average molecular weight is 563 g/mol. The Morgan fingerprint density at radius 2 is 1.79 bits per heavy atom. The molecule has 1 unspecified atom stereocenters. The van der Waals surface area contributed by atoms with Gasteiger partial charge in [0.1, 0.15) is 11.8 Å². The lowest BCUT2D eigenvalue weighted by atomic mass is 10.0. The van der Waals surface area contributed by atoms with E-state index in [0.29, 0.717) is 18.9 Å². The second-order valence-electron chi connectivity index (χ2n) is 11.0. The van der Waals surface area contributed by atoms with Crippen LogP contribution in [0, 0.1) is 0 Å². The van der Waals surface area contributed by atoms with Crippen LogP contribution in [0.25, 0.3) is 28.0 Å². The first-order valence-electron chi connectivity index (χ1n) is 14.5. The monoisotopic (exact) mass is 562 g/mol. The van der Waals surface area contributed by atoms with Gasteiger partial charge in [0.2, 0.25) is 5.91 Å². The molecule has 1 amide bonds. The molecule has 2 aromatic carbocycles. The van der Waals surface area contributed by atoms with Crippen LogP contribution < -0.4 is 10.6 Å². The predicted molar refractivity (Wildman–Crippen MR) is 162 cm³/mol. The second-order valence-corrected chi connectivity index (χ2v) is 11.0. The topological polar surface area (TPSA) is 107 Å². The molecule has 0 saturated carbocycles. The summed E-state index contributed by atoms with van der Waals surface area (Å²) in [5.41, 5.74) is 13.4. The molecule has 2 saturated heterocycles. The minimum atomic E-state index is 0.0468. The maximum atomic E-state index is 12.3. The lowest BCUT2D eigenvalue weighted by molar-refractivity contribution is -0.129. The zero-order valence-electron chi connectivity index (χ0n) is 23.6. The molecule has 1 atom stereocenters. The number of aromatic nitrogens is 5. The van der Waals surface area contributed by atoms with E-state index in [2.05, 4.69) is 74.3 Å². The quantitative estimate of drug-likeness (QED) is 0.334. The molecule has 5 aromatic rings. The highest BCUT2D eigenvalue weighted by molar-refractivity contribution is 5.91. The molecule has 0 radical (unpaired) electrons. The van der Waals surface area contributed by atoms with Gasteiger partial charge in [-0.2, -0.15) is 10.2 Å². The van der Waals surface area contributed by atoms with E-state index >= 15 is 0 Å². The van der Waals surface area contributed by atoms with Gasteiger partial charge < -0.3 is 20.3 Å². The minimum absolute atomic E-state index is 0.0468. The summed E-state index contributed by atoms with van der Waals surface area (Å²) in [7, 11) is 0. The Labute approximate surface area is 244 Å². The molecule has 42 heavy (non-hydrogen) atoms. The van der Waals surface area contributed by atoms with Crippen LogP contribution in [-0.4, -0.2) is 68.0 Å². The average Bonchev–Trinajstić information content (AvgIpc) is 3.68. The Hall–Kier alpha value is -4.70. The van der Waals surface area contributed by atoms with Gasteiger partial charge in [0.15, 0.2) is 5.82 Å². The summed E-state index contributed by atoms with van der Waals surface area (Å²) in [6.45, 7) is 5.17. The maximum Gasteiger partial charge on any atom is 0.219 e. The number of amides is 1. The lowest BCUT2D eigenvalue weighted by Crippen LogP contribution is -2.50. The maximum absolute atomic E-state index is 12.3. The van der Waals surface area contributed by atoms with Crippen molar-refractivity contribution in [2.24, 2.45) is 0 Å². The summed E-state index contributed by atoms with van der Waals surface area (Å²) < 4.78 is 9.59. The molecule has 2 aliphatic heterocycles. The standard InChI is InChI=1S/C32H34N8O2/c1-22(41)37-14-15-38(30(20-37)23-6-3-2-4-7-23)26-9-5-8-24(18-26)29-19-27(31-32(33)34-21-36-40(29)31)28-10-13-35-39(28)25-11-16-42-17-12-25/h2-10,13,18-19,21,25,30H,11-12,14-17,20H2,1H3,(H2,33,34,36). The molecule has 5 heterocycles. The van der Waals surface area contributed by atoms with Crippen LogP contribution in [-0.2, 0) is 9.53 Å². The second kappa shape index (κ2) is 10.9. The van der Waals surface area contributed by atoms with E-state index in [0.717, 1.165) is 66.3 Å². The first-order valence-corrected chi connectivity index (χ1v) is 14.5. The van der Waals surface area contributed by atoms with E-state index in [-0.39, 0.29) is 18.0 Å². The fourth-order valence-electron chi connectivity index (χ4n) is 6.40. The van der Waals surface area contributed by atoms with Gasteiger partial charge in [-0.15, -0.1) is 0 Å². The summed E-state index contributed by atoms with van der Waals surface area (Å²) in [6, 6.07) is 23.4. The molecular formula is C32H34N8O2. The fourth-order valence-corrected chi connectivity index (χ4v) is 6.40. The molecule has 10 nitrogen and oxygen atoms in total. The molecule has 2 aliphatic rings. The van der Waals surface area contributed by atoms with Gasteiger partial charge in [-0.05, 0) is 42.7 Å². The van der Waals surface area contributed by atoms with E-state index < -0.39 is 0 Å². The third-order valence-electron chi connectivity index (χ3n) is 8.55. The summed E-state index contributed by atoms with van der Waals surface area (Å²) in [6.07, 6.45) is 5.18. The zero-order valence-corrected chi connectivity index (χ0v) is 23.6. The first kappa shape index (κ1) is 26.2. The molecule has 7 rings (SSSR count). The number of anilines is 2. The molecule has 0 spiro atoms. The number of hydrogen-bond acceptors (Lipinski definition) is 7. The van der Waals surface area contributed by atoms with Crippen LogP contribution in [0.1, 0.15) is 37.4 Å². The number of benzene rings is 2. The summed E-state index contributed by atoms with van der Waals surface area (Å²) in [5, 5.41) is 9.34. The first-order chi connectivity index (χ1) is 20.6. The van der Waals surface area contributed by atoms with E-state index in [1.165, 1.54) is 11.9 Å².